The number of nitrogens with two attached hydrogens (primary N) is 1. The maximum absolute atomic E-state index is 7.55. The van der Waals surface area contributed by atoms with E-state index in [4.69, 9.17) is 27.5 Å². The molecule has 0 spiro atoms. The summed E-state index contributed by atoms with van der Waals surface area (Å²) in [6.07, 6.45) is 0. The van der Waals surface area contributed by atoms with Crippen molar-refractivity contribution in [3.8, 4) is 11.5 Å². The zero-order chi connectivity index (χ0) is 14.0. The van der Waals surface area contributed by atoms with Crippen LogP contribution >= 0.6 is 43.5 Å². The lowest BCUT2D eigenvalue weighted by Crippen LogP contribution is -2.12. The van der Waals surface area contributed by atoms with Gasteiger partial charge in [0.2, 0.25) is 0 Å². The van der Waals surface area contributed by atoms with Gasteiger partial charge in [0.1, 0.15) is 17.3 Å². The highest BCUT2D eigenvalue weighted by molar-refractivity contribution is 9.11. The molecule has 0 fully saturated rings. The van der Waals surface area contributed by atoms with Crippen LogP contribution in [0.5, 0.6) is 11.5 Å². The predicted molar refractivity (Wildman–Crippen MR) is 84.4 cm³/mol. The number of nitrogen functional groups attached to an aromatic ring is 1. The molecule has 0 amide bonds. The molecule has 0 unspecified atom stereocenters. The smallest absolute Gasteiger partial charge is 0.141 e. The number of nitrogens with one attached hydrogen (secondary N) is 1. The molecular weight excluding hydrogens is 395 g/mol. The van der Waals surface area contributed by atoms with Gasteiger partial charge in [-0.2, -0.15) is 0 Å². The average Bonchev–Trinajstić information content (AvgIpc) is 2.34. The van der Waals surface area contributed by atoms with Crippen molar-refractivity contribution in [1.82, 2.24) is 0 Å². The Morgan fingerprint density at radius 2 is 1.79 bits per heavy atom. The minimum absolute atomic E-state index is 0.0919. The Bertz CT molecular complexity index is 647. The SMILES string of the molecule is N=C(N)c1cc(Cl)ccc1Oc1ccc(Br)cc1Br. The molecule has 0 heterocycles. The summed E-state index contributed by atoms with van der Waals surface area (Å²) >= 11 is 12.7. The fourth-order valence-electron chi connectivity index (χ4n) is 1.48. The zero-order valence-electron chi connectivity index (χ0n) is 9.58. The van der Waals surface area contributed by atoms with Crippen LogP contribution in [0.15, 0.2) is 45.3 Å². The Morgan fingerprint density at radius 3 is 2.42 bits per heavy atom. The second-order valence-electron chi connectivity index (χ2n) is 3.73. The second kappa shape index (κ2) is 5.94. The molecule has 0 aliphatic heterocycles. The summed E-state index contributed by atoms with van der Waals surface area (Å²) in [7, 11) is 0. The largest absolute Gasteiger partial charge is 0.455 e. The van der Waals surface area contributed by atoms with Gasteiger partial charge in [-0.05, 0) is 52.3 Å². The molecule has 2 rings (SSSR count). The Balaban J connectivity index is 2.40. The third kappa shape index (κ3) is 3.49. The number of ether oxygens (including phenoxy) is 1. The van der Waals surface area contributed by atoms with E-state index in [2.05, 4.69) is 31.9 Å². The van der Waals surface area contributed by atoms with E-state index >= 15 is 0 Å². The molecule has 0 aromatic heterocycles. The highest BCUT2D eigenvalue weighted by Gasteiger charge is 2.10. The van der Waals surface area contributed by atoms with Gasteiger partial charge in [0.25, 0.3) is 0 Å². The van der Waals surface area contributed by atoms with Gasteiger partial charge in [0, 0.05) is 9.50 Å². The van der Waals surface area contributed by atoms with E-state index in [1.54, 1.807) is 18.2 Å². The first-order chi connectivity index (χ1) is 8.97. The lowest BCUT2D eigenvalue weighted by Gasteiger charge is -2.12. The van der Waals surface area contributed by atoms with Crippen molar-refractivity contribution in [3.05, 3.63) is 55.9 Å². The van der Waals surface area contributed by atoms with E-state index in [1.807, 2.05) is 18.2 Å². The van der Waals surface area contributed by atoms with Crippen molar-refractivity contribution in [2.45, 2.75) is 0 Å². The number of benzene rings is 2. The molecule has 19 heavy (non-hydrogen) atoms. The minimum atomic E-state index is -0.0919. The molecule has 3 N–H and O–H groups in total. The van der Waals surface area contributed by atoms with Crippen LogP contribution in [0.3, 0.4) is 0 Å². The van der Waals surface area contributed by atoms with Gasteiger partial charge in [-0.15, -0.1) is 0 Å². The average molecular weight is 404 g/mol. The van der Waals surface area contributed by atoms with Crippen LogP contribution in [0.2, 0.25) is 5.02 Å². The van der Waals surface area contributed by atoms with E-state index < -0.39 is 0 Å². The summed E-state index contributed by atoms with van der Waals surface area (Å²) in [5.41, 5.74) is 5.99. The summed E-state index contributed by atoms with van der Waals surface area (Å²) in [6, 6.07) is 10.5. The van der Waals surface area contributed by atoms with Crippen LogP contribution in [-0.2, 0) is 0 Å². The van der Waals surface area contributed by atoms with Crippen molar-refractivity contribution < 1.29 is 4.74 Å². The molecule has 2 aromatic carbocycles. The molecule has 98 valence electrons. The molecular formula is C13H9Br2ClN2O. The van der Waals surface area contributed by atoms with Crippen LogP contribution in [0.25, 0.3) is 0 Å². The van der Waals surface area contributed by atoms with Gasteiger partial charge in [0.15, 0.2) is 0 Å². The zero-order valence-corrected chi connectivity index (χ0v) is 13.5. The second-order valence-corrected chi connectivity index (χ2v) is 5.94. The minimum Gasteiger partial charge on any atom is -0.455 e. The molecule has 0 radical (unpaired) electrons. The molecule has 0 aliphatic carbocycles. The van der Waals surface area contributed by atoms with Gasteiger partial charge in [-0.3, -0.25) is 5.41 Å². The first-order valence-corrected chi connectivity index (χ1v) is 7.20. The van der Waals surface area contributed by atoms with Crippen molar-refractivity contribution in [2.24, 2.45) is 5.73 Å². The van der Waals surface area contributed by atoms with Gasteiger partial charge >= 0.3 is 0 Å². The van der Waals surface area contributed by atoms with Crippen molar-refractivity contribution >= 4 is 49.3 Å². The Kier molecular flexibility index (Phi) is 4.50. The fraction of sp³-hybridized carbons (Fsp3) is 0. The number of hydrogen-bond acceptors (Lipinski definition) is 2. The highest BCUT2D eigenvalue weighted by atomic mass is 79.9. The molecule has 3 nitrogen and oxygen atoms in total. The number of hydrogen-bond donors (Lipinski definition) is 2. The monoisotopic (exact) mass is 402 g/mol. The predicted octanol–water partition coefficient (Wildman–Crippen LogP) is 4.94. The Morgan fingerprint density at radius 1 is 1.11 bits per heavy atom. The lowest BCUT2D eigenvalue weighted by molar-refractivity contribution is 0.478. The maximum Gasteiger partial charge on any atom is 0.141 e. The van der Waals surface area contributed by atoms with Crippen LogP contribution in [0, 0.1) is 5.41 Å². The van der Waals surface area contributed by atoms with Crippen molar-refractivity contribution in [2.75, 3.05) is 0 Å². The molecule has 6 heteroatoms. The topological polar surface area (TPSA) is 59.1 Å². The van der Waals surface area contributed by atoms with Crippen molar-refractivity contribution in [1.29, 1.82) is 5.41 Å². The maximum atomic E-state index is 7.55. The number of halogens is 3. The van der Waals surface area contributed by atoms with E-state index in [9.17, 15) is 0 Å². The fourth-order valence-corrected chi connectivity index (χ4v) is 2.78. The normalized spacial score (nSPS) is 10.3. The molecule has 2 aromatic rings. The summed E-state index contributed by atoms with van der Waals surface area (Å²) in [5.74, 6) is 1.03. The van der Waals surface area contributed by atoms with Gasteiger partial charge < -0.3 is 10.5 Å². The summed E-state index contributed by atoms with van der Waals surface area (Å²) in [5, 5.41) is 8.05. The van der Waals surface area contributed by atoms with E-state index in [-0.39, 0.29) is 5.84 Å². The van der Waals surface area contributed by atoms with E-state index in [1.165, 1.54) is 0 Å². The third-order valence-corrected chi connectivity index (χ3v) is 3.69. The van der Waals surface area contributed by atoms with Gasteiger partial charge in [-0.1, -0.05) is 27.5 Å². The number of amidine groups is 1. The Labute approximate surface area is 132 Å². The molecule has 0 aliphatic rings. The van der Waals surface area contributed by atoms with Gasteiger partial charge in [-0.25, -0.2) is 0 Å². The van der Waals surface area contributed by atoms with Crippen LogP contribution < -0.4 is 10.5 Å². The Hall–Kier alpha value is -1.04. The first-order valence-electron chi connectivity index (χ1n) is 5.24. The van der Waals surface area contributed by atoms with Crippen molar-refractivity contribution in [3.63, 3.8) is 0 Å². The molecule has 0 saturated heterocycles. The first kappa shape index (κ1) is 14.4. The van der Waals surface area contributed by atoms with Gasteiger partial charge in [0.05, 0.1) is 10.0 Å². The molecule has 0 saturated carbocycles. The van der Waals surface area contributed by atoms with Crippen LogP contribution in [0.4, 0.5) is 0 Å². The van der Waals surface area contributed by atoms with Crippen LogP contribution in [0.1, 0.15) is 5.56 Å². The summed E-state index contributed by atoms with van der Waals surface area (Å²) < 4.78 is 7.50. The van der Waals surface area contributed by atoms with E-state index in [0.717, 1.165) is 8.95 Å². The molecule has 0 bridgehead atoms. The van der Waals surface area contributed by atoms with Crippen LogP contribution in [-0.4, -0.2) is 5.84 Å². The third-order valence-electron chi connectivity index (χ3n) is 2.35. The highest BCUT2D eigenvalue weighted by Crippen LogP contribution is 2.34. The summed E-state index contributed by atoms with van der Waals surface area (Å²) in [6.45, 7) is 0. The standard InChI is InChI=1S/C13H9Br2ClN2O/c14-7-1-3-12(10(15)5-7)19-11-4-2-8(16)6-9(11)13(17)18/h1-6H,(H3,17,18). The quantitative estimate of drug-likeness (QED) is 0.562. The lowest BCUT2D eigenvalue weighted by atomic mass is 10.2. The van der Waals surface area contributed by atoms with E-state index in [0.29, 0.717) is 22.1 Å². The molecule has 0 atom stereocenters. The summed E-state index contributed by atoms with van der Waals surface area (Å²) in [4.78, 5) is 0. The number of rotatable bonds is 3.